The first-order valence-corrected chi connectivity index (χ1v) is 9.69. The van der Waals surface area contributed by atoms with Crippen LogP contribution in [0.5, 0.6) is 0 Å². The summed E-state index contributed by atoms with van der Waals surface area (Å²) in [6.45, 7) is 0. The number of pyridine rings is 1. The van der Waals surface area contributed by atoms with Gasteiger partial charge in [-0.25, -0.2) is 14.4 Å². The minimum Gasteiger partial charge on any atom is -0.367 e. The number of rotatable bonds is 6. The number of aromatic nitrogens is 4. The van der Waals surface area contributed by atoms with E-state index in [0.717, 1.165) is 24.4 Å². The number of hydrogen-bond donors (Lipinski definition) is 3. The molecular weight excluding hydrogens is 387 g/mol. The highest BCUT2D eigenvalue weighted by Gasteiger charge is 2.33. The predicted molar refractivity (Wildman–Crippen MR) is 110 cm³/mol. The summed E-state index contributed by atoms with van der Waals surface area (Å²) in [7, 11) is 0. The van der Waals surface area contributed by atoms with Gasteiger partial charge in [0.1, 0.15) is 11.6 Å². The largest absolute Gasteiger partial charge is 0.367 e. The van der Waals surface area contributed by atoms with E-state index in [-0.39, 0.29) is 29.5 Å². The van der Waals surface area contributed by atoms with Crippen LogP contribution in [0.1, 0.15) is 29.6 Å². The highest BCUT2D eigenvalue weighted by atomic mass is 19.1. The number of para-hydroxylation sites is 1. The summed E-state index contributed by atoms with van der Waals surface area (Å²) in [5.74, 6) is -1.11. The zero-order chi connectivity index (χ0) is 21.1. The van der Waals surface area contributed by atoms with Crippen molar-refractivity contribution in [2.24, 2.45) is 11.5 Å². The van der Waals surface area contributed by atoms with Crippen molar-refractivity contribution in [2.75, 3.05) is 10.3 Å². The SMILES string of the molecule is NC(=O)c1cc(F)cnc1NC1CC(N(c2ccccc2)n2nccn2)C[C@@H](N)C1. The Morgan fingerprint density at radius 1 is 1.17 bits per heavy atom. The molecule has 0 aliphatic heterocycles. The molecule has 1 saturated carbocycles. The average molecular weight is 410 g/mol. The fourth-order valence-electron chi connectivity index (χ4n) is 3.95. The molecule has 1 aliphatic carbocycles. The molecule has 0 bridgehead atoms. The fourth-order valence-corrected chi connectivity index (χ4v) is 3.95. The number of halogens is 1. The first-order valence-electron chi connectivity index (χ1n) is 9.69. The van der Waals surface area contributed by atoms with Crippen LogP contribution < -0.4 is 21.8 Å². The first-order chi connectivity index (χ1) is 14.5. The molecule has 3 aromatic rings. The van der Waals surface area contributed by atoms with Gasteiger partial charge in [0.05, 0.1) is 35.9 Å². The molecule has 4 rings (SSSR count). The van der Waals surface area contributed by atoms with Crippen molar-refractivity contribution in [1.82, 2.24) is 20.1 Å². The summed E-state index contributed by atoms with van der Waals surface area (Å²) in [5, 5.41) is 13.8. The van der Waals surface area contributed by atoms with Gasteiger partial charge in [0.2, 0.25) is 0 Å². The van der Waals surface area contributed by atoms with Gasteiger partial charge >= 0.3 is 0 Å². The lowest BCUT2D eigenvalue weighted by molar-refractivity contribution is 0.1000. The summed E-state index contributed by atoms with van der Waals surface area (Å²) in [6.07, 6.45) is 6.38. The van der Waals surface area contributed by atoms with E-state index in [2.05, 4.69) is 20.5 Å². The van der Waals surface area contributed by atoms with E-state index in [1.54, 1.807) is 17.3 Å². The van der Waals surface area contributed by atoms with Crippen LogP contribution in [0.25, 0.3) is 0 Å². The summed E-state index contributed by atoms with van der Waals surface area (Å²) < 4.78 is 13.5. The van der Waals surface area contributed by atoms with Crippen LogP contribution in [0.3, 0.4) is 0 Å². The Morgan fingerprint density at radius 2 is 1.90 bits per heavy atom. The van der Waals surface area contributed by atoms with Gasteiger partial charge in [-0.1, -0.05) is 23.1 Å². The van der Waals surface area contributed by atoms with Crippen molar-refractivity contribution in [3.63, 3.8) is 0 Å². The van der Waals surface area contributed by atoms with Crippen molar-refractivity contribution >= 4 is 17.4 Å². The maximum atomic E-state index is 13.5. The molecule has 0 saturated heterocycles. The van der Waals surface area contributed by atoms with Crippen molar-refractivity contribution in [2.45, 2.75) is 37.4 Å². The van der Waals surface area contributed by atoms with Gasteiger partial charge < -0.3 is 16.8 Å². The Bertz CT molecular complexity index is 997. The molecule has 2 unspecified atom stereocenters. The van der Waals surface area contributed by atoms with Crippen LogP contribution in [0.2, 0.25) is 0 Å². The van der Waals surface area contributed by atoms with Crippen LogP contribution >= 0.6 is 0 Å². The predicted octanol–water partition coefficient (Wildman–Crippen LogP) is 1.54. The van der Waals surface area contributed by atoms with E-state index in [1.807, 2.05) is 35.3 Å². The Hall–Kier alpha value is -3.53. The monoisotopic (exact) mass is 410 g/mol. The number of carbonyl (C=O) groups excluding carboxylic acids is 1. The van der Waals surface area contributed by atoms with Crippen molar-refractivity contribution in [1.29, 1.82) is 0 Å². The third kappa shape index (κ3) is 4.23. The lowest BCUT2D eigenvalue weighted by Gasteiger charge is -2.40. The minimum atomic E-state index is -0.743. The van der Waals surface area contributed by atoms with Crippen LogP contribution in [0, 0.1) is 5.82 Å². The zero-order valence-corrected chi connectivity index (χ0v) is 16.2. The molecule has 2 heterocycles. The first kappa shape index (κ1) is 19.8. The molecule has 1 aromatic carbocycles. The highest BCUT2D eigenvalue weighted by Crippen LogP contribution is 2.29. The number of benzene rings is 1. The van der Waals surface area contributed by atoms with E-state index in [1.165, 1.54) is 0 Å². The number of nitrogens with zero attached hydrogens (tertiary/aromatic N) is 5. The molecule has 10 heteroatoms. The number of nitrogens with two attached hydrogens (primary N) is 2. The van der Waals surface area contributed by atoms with Crippen LogP contribution in [0.15, 0.2) is 55.0 Å². The minimum absolute atomic E-state index is 0.0133. The fraction of sp³-hybridized carbons (Fsp3) is 0.300. The van der Waals surface area contributed by atoms with Gasteiger partial charge in [-0.2, -0.15) is 0 Å². The number of hydrogen-bond acceptors (Lipinski definition) is 7. The third-order valence-electron chi connectivity index (χ3n) is 5.15. The van der Waals surface area contributed by atoms with Gasteiger partial charge in [0, 0.05) is 12.1 Å². The number of nitrogens with one attached hydrogen (secondary N) is 1. The second-order valence-corrected chi connectivity index (χ2v) is 7.35. The summed E-state index contributed by atoms with van der Waals surface area (Å²) in [4.78, 5) is 17.3. The van der Waals surface area contributed by atoms with E-state index in [0.29, 0.717) is 12.8 Å². The Labute approximate surface area is 172 Å². The molecule has 1 aliphatic rings. The molecule has 0 radical (unpaired) electrons. The molecule has 30 heavy (non-hydrogen) atoms. The maximum absolute atomic E-state index is 13.5. The van der Waals surface area contributed by atoms with Crippen molar-refractivity contribution < 1.29 is 9.18 Å². The molecule has 1 fully saturated rings. The van der Waals surface area contributed by atoms with E-state index in [4.69, 9.17) is 11.5 Å². The van der Waals surface area contributed by atoms with Crippen LogP contribution in [0.4, 0.5) is 15.9 Å². The van der Waals surface area contributed by atoms with E-state index < -0.39 is 11.7 Å². The highest BCUT2D eigenvalue weighted by molar-refractivity contribution is 5.97. The Morgan fingerprint density at radius 3 is 2.60 bits per heavy atom. The zero-order valence-electron chi connectivity index (χ0n) is 16.2. The normalized spacial score (nSPS) is 21.2. The lowest BCUT2D eigenvalue weighted by atomic mass is 9.87. The van der Waals surface area contributed by atoms with Gasteiger partial charge in [0.25, 0.3) is 5.91 Å². The van der Waals surface area contributed by atoms with Crippen LogP contribution in [-0.4, -0.2) is 44.1 Å². The second-order valence-electron chi connectivity index (χ2n) is 7.35. The van der Waals surface area contributed by atoms with Crippen molar-refractivity contribution in [3.05, 3.63) is 66.4 Å². The van der Waals surface area contributed by atoms with E-state index in [9.17, 15) is 9.18 Å². The van der Waals surface area contributed by atoms with Gasteiger partial charge in [-0.3, -0.25) is 4.79 Å². The molecule has 5 N–H and O–H groups in total. The van der Waals surface area contributed by atoms with Crippen molar-refractivity contribution in [3.8, 4) is 0 Å². The number of primary amides is 1. The molecule has 0 spiro atoms. The van der Waals surface area contributed by atoms with Gasteiger partial charge in [-0.05, 0) is 37.5 Å². The Balaban J connectivity index is 1.61. The molecule has 1 amide bonds. The van der Waals surface area contributed by atoms with Gasteiger partial charge in [0.15, 0.2) is 0 Å². The third-order valence-corrected chi connectivity index (χ3v) is 5.15. The molecule has 2 aromatic heterocycles. The quantitative estimate of drug-likeness (QED) is 0.562. The molecule has 9 nitrogen and oxygen atoms in total. The van der Waals surface area contributed by atoms with E-state index >= 15 is 0 Å². The topological polar surface area (TPSA) is 128 Å². The summed E-state index contributed by atoms with van der Waals surface area (Å²) >= 11 is 0. The smallest absolute Gasteiger partial charge is 0.252 e. The number of amides is 1. The Kier molecular flexibility index (Phi) is 5.57. The molecule has 156 valence electrons. The summed E-state index contributed by atoms with van der Waals surface area (Å²) in [6, 6.07) is 10.7. The van der Waals surface area contributed by atoms with Gasteiger partial charge in [-0.15, -0.1) is 10.2 Å². The lowest BCUT2D eigenvalue weighted by Crippen LogP contribution is -2.51. The molecular formula is C20H23FN8O. The standard InChI is InChI=1S/C20H23FN8O/c21-13-8-18(19(23)30)20(24-12-13)27-15-9-14(22)10-17(11-15)28(29-25-6-7-26-29)16-4-2-1-3-5-16/h1-8,12,14-15,17H,9-11,22H2,(H2,23,30)(H,24,27)/t14-,15?,17?/m0/s1. The summed E-state index contributed by atoms with van der Waals surface area (Å²) in [5.41, 5.74) is 12.7. The maximum Gasteiger partial charge on any atom is 0.252 e. The second kappa shape index (κ2) is 8.46. The number of carbonyl (C=O) groups is 1. The molecule has 3 atom stereocenters. The average Bonchev–Trinajstić information content (AvgIpc) is 3.24. The van der Waals surface area contributed by atoms with Crippen LogP contribution in [-0.2, 0) is 0 Å². The number of anilines is 2.